The van der Waals surface area contributed by atoms with Crippen molar-refractivity contribution in [1.29, 1.82) is 0 Å². The third-order valence-corrected chi connectivity index (χ3v) is 5.89. The Hall–Kier alpha value is -1.68. The minimum atomic E-state index is -3.51. The topological polar surface area (TPSA) is 97.0 Å². The van der Waals surface area contributed by atoms with E-state index in [9.17, 15) is 13.2 Å². The quantitative estimate of drug-likeness (QED) is 0.523. The Labute approximate surface area is 167 Å². The van der Waals surface area contributed by atoms with Crippen molar-refractivity contribution in [1.82, 2.24) is 14.9 Å². The summed E-state index contributed by atoms with van der Waals surface area (Å²) >= 11 is 0. The fourth-order valence-corrected chi connectivity index (χ4v) is 4.04. The average molecular weight is 414 g/mol. The van der Waals surface area contributed by atoms with Crippen LogP contribution in [0.5, 0.6) is 5.75 Å². The Morgan fingerprint density at radius 3 is 2.68 bits per heavy atom. The van der Waals surface area contributed by atoms with E-state index in [1.165, 1.54) is 6.07 Å². The molecule has 8 nitrogen and oxygen atoms in total. The second-order valence-electron chi connectivity index (χ2n) is 6.77. The Kier molecular flexibility index (Phi) is 9.17. The number of nitrogens with zero attached hydrogens (tertiary/aromatic N) is 1. The van der Waals surface area contributed by atoms with Gasteiger partial charge in [-0.15, -0.1) is 0 Å². The Morgan fingerprint density at radius 2 is 2.00 bits per heavy atom. The summed E-state index contributed by atoms with van der Waals surface area (Å²) in [6.45, 7) is 8.91. The number of amides is 1. The molecule has 2 N–H and O–H groups in total. The van der Waals surface area contributed by atoms with Gasteiger partial charge in [-0.2, -0.15) is 0 Å². The van der Waals surface area contributed by atoms with Crippen LogP contribution in [0, 0.1) is 6.92 Å². The van der Waals surface area contributed by atoms with Crippen LogP contribution in [-0.4, -0.2) is 71.8 Å². The summed E-state index contributed by atoms with van der Waals surface area (Å²) in [6, 6.07) is 4.62. The molecule has 0 atom stereocenters. The van der Waals surface area contributed by atoms with Crippen molar-refractivity contribution in [3.8, 4) is 5.75 Å². The van der Waals surface area contributed by atoms with Crippen LogP contribution < -0.4 is 14.8 Å². The van der Waals surface area contributed by atoms with E-state index in [0.717, 1.165) is 45.7 Å². The first-order valence-electron chi connectivity index (χ1n) is 9.72. The van der Waals surface area contributed by atoms with Gasteiger partial charge in [-0.05, 0) is 50.1 Å². The van der Waals surface area contributed by atoms with Crippen molar-refractivity contribution in [2.24, 2.45) is 0 Å². The van der Waals surface area contributed by atoms with Crippen molar-refractivity contribution < 1.29 is 22.7 Å². The molecule has 0 saturated carbocycles. The Balaban J connectivity index is 1.73. The van der Waals surface area contributed by atoms with Gasteiger partial charge in [0.15, 0.2) is 6.61 Å². The molecule has 0 unspecified atom stereocenters. The van der Waals surface area contributed by atoms with Crippen LogP contribution in [-0.2, 0) is 19.6 Å². The van der Waals surface area contributed by atoms with E-state index in [4.69, 9.17) is 9.47 Å². The number of nitrogens with one attached hydrogen (secondary N) is 2. The highest BCUT2D eigenvalue weighted by Crippen LogP contribution is 2.21. The lowest BCUT2D eigenvalue weighted by Gasteiger charge is -2.26. The molecule has 1 aliphatic heterocycles. The van der Waals surface area contributed by atoms with Crippen molar-refractivity contribution in [3.63, 3.8) is 0 Å². The molecule has 0 spiro atoms. The maximum absolute atomic E-state index is 12.2. The SMILES string of the molecule is CCCNS(=O)(=O)c1ccc(OCC(=O)NCCCN2CCOCC2)c(C)c1. The highest BCUT2D eigenvalue weighted by Gasteiger charge is 2.15. The van der Waals surface area contributed by atoms with Crippen LogP contribution in [0.2, 0.25) is 0 Å². The van der Waals surface area contributed by atoms with Gasteiger partial charge in [0.25, 0.3) is 5.91 Å². The molecular formula is C19H31N3O5S. The molecule has 1 aromatic carbocycles. The number of sulfonamides is 1. The molecule has 158 valence electrons. The first-order chi connectivity index (χ1) is 13.4. The van der Waals surface area contributed by atoms with Crippen molar-refractivity contribution in [2.75, 3.05) is 52.5 Å². The summed E-state index contributed by atoms with van der Waals surface area (Å²) in [7, 11) is -3.51. The molecule has 28 heavy (non-hydrogen) atoms. The molecule has 1 heterocycles. The number of morpholine rings is 1. The van der Waals surface area contributed by atoms with Gasteiger partial charge in [0.1, 0.15) is 5.75 Å². The molecule has 1 saturated heterocycles. The second kappa shape index (κ2) is 11.4. The van der Waals surface area contributed by atoms with E-state index in [1.54, 1.807) is 19.1 Å². The highest BCUT2D eigenvalue weighted by molar-refractivity contribution is 7.89. The fraction of sp³-hybridized carbons (Fsp3) is 0.632. The zero-order chi connectivity index (χ0) is 20.4. The molecule has 0 bridgehead atoms. The first-order valence-corrected chi connectivity index (χ1v) is 11.2. The molecular weight excluding hydrogens is 382 g/mol. The molecule has 0 aromatic heterocycles. The summed E-state index contributed by atoms with van der Waals surface area (Å²) in [6.07, 6.45) is 1.60. The van der Waals surface area contributed by atoms with Crippen molar-refractivity contribution >= 4 is 15.9 Å². The molecule has 1 aliphatic rings. The standard InChI is InChI=1S/C19H31N3O5S/c1-3-7-21-28(24,25)17-5-6-18(16(2)14-17)27-15-19(23)20-8-4-9-22-10-12-26-13-11-22/h5-6,14,21H,3-4,7-13,15H2,1-2H3,(H,20,23). The Bertz CT molecular complexity index is 733. The molecule has 0 aliphatic carbocycles. The summed E-state index contributed by atoms with van der Waals surface area (Å²) in [5, 5.41) is 2.84. The van der Waals surface area contributed by atoms with E-state index < -0.39 is 10.0 Å². The number of aryl methyl sites for hydroxylation is 1. The van der Waals surface area contributed by atoms with Gasteiger partial charge in [0, 0.05) is 26.2 Å². The van der Waals surface area contributed by atoms with E-state index >= 15 is 0 Å². The van der Waals surface area contributed by atoms with Gasteiger partial charge >= 0.3 is 0 Å². The minimum Gasteiger partial charge on any atom is -0.484 e. The number of benzene rings is 1. The predicted octanol–water partition coefficient (Wildman–Crippen LogP) is 0.901. The number of rotatable bonds is 11. The number of hydrogen-bond acceptors (Lipinski definition) is 6. The van der Waals surface area contributed by atoms with Crippen LogP contribution in [0.25, 0.3) is 0 Å². The largest absolute Gasteiger partial charge is 0.484 e. The van der Waals surface area contributed by atoms with Crippen LogP contribution >= 0.6 is 0 Å². The fourth-order valence-electron chi connectivity index (χ4n) is 2.82. The van der Waals surface area contributed by atoms with Crippen LogP contribution in [0.15, 0.2) is 23.1 Å². The van der Waals surface area contributed by atoms with Gasteiger partial charge in [-0.25, -0.2) is 13.1 Å². The van der Waals surface area contributed by atoms with Crippen molar-refractivity contribution in [2.45, 2.75) is 31.6 Å². The number of ether oxygens (including phenoxy) is 2. The monoisotopic (exact) mass is 413 g/mol. The summed E-state index contributed by atoms with van der Waals surface area (Å²) in [4.78, 5) is 14.5. The maximum Gasteiger partial charge on any atom is 0.257 e. The van der Waals surface area contributed by atoms with Gasteiger partial charge < -0.3 is 14.8 Å². The third-order valence-electron chi connectivity index (χ3n) is 4.43. The van der Waals surface area contributed by atoms with Gasteiger partial charge in [0.05, 0.1) is 18.1 Å². The summed E-state index contributed by atoms with van der Waals surface area (Å²) < 4.78 is 37.7. The molecule has 1 aromatic rings. The number of hydrogen-bond donors (Lipinski definition) is 2. The first kappa shape index (κ1) is 22.6. The van der Waals surface area contributed by atoms with Gasteiger partial charge in [-0.3, -0.25) is 9.69 Å². The Morgan fingerprint density at radius 1 is 1.25 bits per heavy atom. The van der Waals surface area contributed by atoms with Crippen LogP contribution in [0.1, 0.15) is 25.3 Å². The lowest BCUT2D eigenvalue weighted by molar-refractivity contribution is -0.123. The van der Waals surface area contributed by atoms with E-state index in [2.05, 4.69) is 14.9 Å². The van der Waals surface area contributed by atoms with E-state index in [0.29, 0.717) is 24.4 Å². The lowest BCUT2D eigenvalue weighted by Crippen LogP contribution is -2.38. The molecule has 2 rings (SSSR count). The normalized spacial score (nSPS) is 15.4. The zero-order valence-corrected chi connectivity index (χ0v) is 17.5. The summed E-state index contributed by atoms with van der Waals surface area (Å²) in [5.74, 6) is 0.306. The van der Waals surface area contributed by atoms with E-state index in [-0.39, 0.29) is 17.4 Å². The van der Waals surface area contributed by atoms with E-state index in [1.807, 2.05) is 6.92 Å². The van der Waals surface area contributed by atoms with Gasteiger partial charge in [0.2, 0.25) is 10.0 Å². The third kappa shape index (κ3) is 7.38. The number of carbonyl (C=O) groups excluding carboxylic acids is 1. The van der Waals surface area contributed by atoms with Crippen LogP contribution in [0.3, 0.4) is 0 Å². The predicted molar refractivity (Wildman–Crippen MR) is 107 cm³/mol. The van der Waals surface area contributed by atoms with Crippen molar-refractivity contribution in [3.05, 3.63) is 23.8 Å². The molecule has 1 amide bonds. The maximum atomic E-state index is 12.2. The lowest BCUT2D eigenvalue weighted by atomic mass is 10.2. The second-order valence-corrected chi connectivity index (χ2v) is 8.54. The molecule has 1 fully saturated rings. The smallest absolute Gasteiger partial charge is 0.257 e. The average Bonchev–Trinajstić information content (AvgIpc) is 2.69. The minimum absolute atomic E-state index is 0.0986. The highest BCUT2D eigenvalue weighted by atomic mass is 32.2. The zero-order valence-electron chi connectivity index (χ0n) is 16.7. The molecule has 9 heteroatoms. The summed E-state index contributed by atoms with van der Waals surface area (Å²) in [5.41, 5.74) is 0.666. The van der Waals surface area contributed by atoms with Gasteiger partial charge in [-0.1, -0.05) is 6.92 Å². The van der Waals surface area contributed by atoms with Crippen LogP contribution in [0.4, 0.5) is 0 Å². The number of carbonyl (C=O) groups is 1. The molecule has 0 radical (unpaired) electrons.